The van der Waals surface area contributed by atoms with Crippen molar-refractivity contribution in [3.05, 3.63) is 59.8 Å². The van der Waals surface area contributed by atoms with Crippen molar-refractivity contribution >= 4 is 0 Å². The lowest BCUT2D eigenvalue weighted by atomic mass is 9.95. The van der Waals surface area contributed by atoms with E-state index in [1.807, 2.05) is 19.2 Å². The fourth-order valence-corrected chi connectivity index (χ4v) is 3.26. The van der Waals surface area contributed by atoms with Gasteiger partial charge in [0.1, 0.15) is 0 Å². The number of piperidine rings is 1. The largest absolute Gasteiger partial charge is 0.478 e. The van der Waals surface area contributed by atoms with Crippen molar-refractivity contribution in [2.24, 2.45) is 0 Å². The van der Waals surface area contributed by atoms with E-state index >= 15 is 0 Å². The van der Waals surface area contributed by atoms with E-state index in [1.54, 1.807) is 0 Å². The highest BCUT2D eigenvalue weighted by atomic mass is 16.5. The Bertz CT molecular complexity index is 585. The second kappa shape index (κ2) is 7.41. The number of likely N-dealkylation sites (tertiary alicyclic amines) is 1. The summed E-state index contributed by atoms with van der Waals surface area (Å²) in [6, 6.07) is 15.3. The number of ether oxygens (including phenoxy) is 1. The van der Waals surface area contributed by atoms with Crippen LogP contribution in [0.1, 0.15) is 43.4 Å². The Morgan fingerprint density at radius 2 is 2.00 bits per heavy atom. The van der Waals surface area contributed by atoms with Crippen molar-refractivity contribution in [3.63, 3.8) is 0 Å². The minimum absolute atomic E-state index is 0.407. The van der Waals surface area contributed by atoms with Crippen LogP contribution in [-0.2, 0) is 6.54 Å². The highest BCUT2D eigenvalue weighted by Crippen LogP contribution is 2.35. The zero-order valence-corrected chi connectivity index (χ0v) is 13.2. The molecule has 3 heteroatoms. The van der Waals surface area contributed by atoms with Crippen LogP contribution in [0.3, 0.4) is 0 Å². The fraction of sp³-hybridized carbons (Fsp3) is 0.421. The van der Waals surface area contributed by atoms with Crippen LogP contribution in [0.15, 0.2) is 48.7 Å². The lowest BCUT2D eigenvalue weighted by Gasteiger charge is -2.36. The van der Waals surface area contributed by atoms with Crippen LogP contribution in [0.25, 0.3) is 0 Å². The van der Waals surface area contributed by atoms with Crippen molar-refractivity contribution in [1.29, 1.82) is 0 Å². The van der Waals surface area contributed by atoms with Crippen LogP contribution in [0, 0.1) is 0 Å². The number of benzene rings is 1. The molecule has 2 aromatic rings. The third-order valence-electron chi connectivity index (χ3n) is 4.28. The van der Waals surface area contributed by atoms with Gasteiger partial charge in [0.2, 0.25) is 5.88 Å². The Labute approximate surface area is 132 Å². The van der Waals surface area contributed by atoms with Gasteiger partial charge in [0.15, 0.2) is 0 Å². The molecule has 1 fully saturated rings. The first kappa shape index (κ1) is 15.0. The third-order valence-corrected chi connectivity index (χ3v) is 4.28. The van der Waals surface area contributed by atoms with Crippen LogP contribution in [0.2, 0.25) is 0 Å². The second-order valence-electron chi connectivity index (χ2n) is 5.80. The molecule has 0 saturated carbocycles. The van der Waals surface area contributed by atoms with E-state index in [9.17, 15) is 0 Å². The molecule has 116 valence electrons. The normalized spacial score (nSPS) is 19.0. The van der Waals surface area contributed by atoms with Gasteiger partial charge in [-0.2, -0.15) is 0 Å². The highest BCUT2D eigenvalue weighted by molar-refractivity contribution is 5.30. The summed E-state index contributed by atoms with van der Waals surface area (Å²) in [4.78, 5) is 7.00. The Kier molecular flexibility index (Phi) is 5.07. The molecule has 3 nitrogen and oxygen atoms in total. The van der Waals surface area contributed by atoms with Gasteiger partial charge in [-0.3, -0.25) is 4.90 Å². The number of pyridine rings is 1. The maximum Gasteiger partial charge on any atom is 0.218 e. The summed E-state index contributed by atoms with van der Waals surface area (Å²) >= 11 is 0. The fourth-order valence-electron chi connectivity index (χ4n) is 3.26. The van der Waals surface area contributed by atoms with E-state index in [0.29, 0.717) is 12.6 Å². The summed E-state index contributed by atoms with van der Waals surface area (Å²) in [5.41, 5.74) is 2.61. The van der Waals surface area contributed by atoms with Crippen molar-refractivity contribution in [2.75, 3.05) is 13.2 Å². The molecule has 1 unspecified atom stereocenters. The summed E-state index contributed by atoms with van der Waals surface area (Å²) in [7, 11) is 0. The Hall–Kier alpha value is -1.87. The van der Waals surface area contributed by atoms with Crippen LogP contribution < -0.4 is 4.74 Å². The van der Waals surface area contributed by atoms with Gasteiger partial charge in [0.05, 0.1) is 6.61 Å². The average Bonchev–Trinajstić information content (AvgIpc) is 2.57. The maximum atomic E-state index is 5.75. The molecule has 3 rings (SSSR count). The van der Waals surface area contributed by atoms with Crippen molar-refractivity contribution in [1.82, 2.24) is 9.88 Å². The molecule has 22 heavy (non-hydrogen) atoms. The van der Waals surface area contributed by atoms with Gasteiger partial charge < -0.3 is 4.74 Å². The van der Waals surface area contributed by atoms with Crippen LogP contribution in [0.5, 0.6) is 5.88 Å². The first-order chi connectivity index (χ1) is 10.9. The second-order valence-corrected chi connectivity index (χ2v) is 5.80. The molecule has 0 radical (unpaired) electrons. The first-order valence-corrected chi connectivity index (χ1v) is 8.24. The van der Waals surface area contributed by atoms with Gasteiger partial charge in [-0.25, -0.2) is 4.98 Å². The van der Waals surface area contributed by atoms with Gasteiger partial charge >= 0.3 is 0 Å². The standard InChI is InChI=1S/C19H24N2O/c1-2-22-19-17(11-8-13-20-19)18-12-6-7-14-21(18)15-16-9-4-3-5-10-16/h3-5,8-11,13,18H,2,6-7,12,14-15H2,1H3. The molecule has 0 aliphatic carbocycles. The van der Waals surface area contributed by atoms with E-state index in [0.717, 1.165) is 19.0 Å². The molecule has 0 N–H and O–H groups in total. The summed E-state index contributed by atoms with van der Waals surface area (Å²) in [6.45, 7) is 4.81. The molecule has 1 saturated heterocycles. The van der Waals surface area contributed by atoms with E-state index in [2.05, 4.69) is 46.3 Å². The van der Waals surface area contributed by atoms with E-state index in [1.165, 1.54) is 30.4 Å². The lowest BCUT2D eigenvalue weighted by molar-refractivity contribution is 0.136. The Morgan fingerprint density at radius 3 is 2.82 bits per heavy atom. The summed E-state index contributed by atoms with van der Waals surface area (Å²) in [6.07, 6.45) is 5.54. The monoisotopic (exact) mass is 296 g/mol. The molecule has 0 bridgehead atoms. The third kappa shape index (κ3) is 3.47. The molecule has 0 amide bonds. The van der Waals surface area contributed by atoms with Crippen molar-refractivity contribution in [2.45, 2.75) is 38.8 Å². The maximum absolute atomic E-state index is 5.75. The van der Waals surface area contributed by atoms with Crippen molar-refractivity contribution < 1.29 is 4.74 Å². The number of hydrogen-bond acceptors (Lipinski definition) is 3. The molecule has 2 heterocycles. The Morgan fingerprint density at radius 1 is 1.14 bits per heavy atom. The minimum Gasteiger partial charge on any atom is -0.478 e. The molecule has 1 aromatic carbocycles. The first-order valence-electron chi connectivity index (χ1n) is 8.24. The zero-order chi connectivity index (χ0) is 15.2. The number of nitrogens with zero attached hydrogens (tertiary/aromatic N) is 2. The predicted octanol–water partition coefficient (Wildman–Crippen LogP) is 4.21. The molecule has 1 aliphatic rings. The van der Waals surface area contributed by atoms with Crippen LogP contribution in [0.4, 0.5) is 0 Å². The number of rotatable bonds is 5. The van der Waals surface area contributed by atoms with Gasteiger partial charge in [0, 0.05) is 24.3 Å². The molecule has 0 spiro atoms. The topological polar surface area (TPSA) is 25.4 Å². The molecular weight excluding hydrogens is 272 g/mol. The summed E-state index contributed by atoms with van der Waals surface area (Å²) in [5.74, 6) is 0.801. The van der Waals surface area contributed by atoms with E-state index in [4.69, 9.17) is 4.74 Å². The quantitative estimate of drug-likeness (QED) is 0.826. The summed E-state index contributed by atoms with van der Waals surface area (Å²) in [5, 5.41) is 0. The molecule has 1 atom stereocenters. The lowest BCUT2D eigenvalue weighted by Crippen LogP contribution is -2.33. The zero-order valence-electron chi connectivity index (χ0n) is 13.2. The molecule has 1 aliphatic heterocycles. The van der Waals surface area contributed by atoms with Crippen LogP contribution in [-0.4, -0.2) is 23.0 Å². The van der Waals surface area contributed by atoms with Gasteiger partial charge in [-0.05, 0) is 37.9 Å². The van der Waals surface area contributed by atoms with E-state index in [-0.39, 0.29) is 0 Å². The highest BCUT2D eigenvalue weighted by Gasteiger charge is 2.26. The molecular formula is C19H24N2O. The molecule has 1 aromatic heterocycles. The smallest absolute Gasteiger partial charge is 0.218 e. The van der Waals surface area contributed by atoms with Gasteiger partial charge in [-0.1, -0.05) is 42.8 Å². The summed E-state index contributed by atoms with van der Waals surface area (Å²) < 4.78 is 5.75. The van der Waals surface area contributed by atoms with Crippen LogP contribution >= 0.6 is 0 Å². The SMILES string of the molecule is CCOc1ncccc1C1CCCCN1Cc1ccccc1. The van der Waals surface area contributed by atoms with Gasteiger partial charge in [0.25, 0.3) is 0 Å². The minimum atomic E-state index is 0.407. The predicted molar refractivity (Wildman–Crippen MR) is 88.9 cm³/mol. The average molecular weight is 296 g/mol. The number of hydrogen-bond donors (Lipinski definition) is 0. The number of aromatic nitrogens is 1. The van der Waals surface area contributed by atoms with E-state index < -0.39 is 0 Å². The Balaban J connectivity index is 1.83. The van der Waals surface area contributed by atoms with Crippen molar-refractivity contribution in [3.8, 4) is 5.88 Å². The van der Waals surface area contributed by atoms with Gasteiger partial charge in [-0.15, -0.1) is 0 Å².